The number of amides is 3. The summed E-state index contributed by atoms with van der Waals surface area (Å²) < 4.78 is 13.9. The van der Waals surface area contributed by atoms with Crippen molar-refractivity contribution in [3.63, 3.8) is 0 Å². The zero-order valence-corrected chi connectivity index (χ0v) is 18.2. The zero-order chi connectivity index (χ0) is 22.7. The smallest absolute Gasteiger partial charge is 0.253 e. The number of piperidine rings is 1. The average molecular weight is 438 g/mol. The summed E-state index contributed by atoms with van der Waals surface area (Å²) in [6.07, 6.45) is 2.09. The van der Waals surface area contributed by atoms with E-state index in [0.29, 0.717) is 56.4 Å². The van der Waals surface area contributed by atoms with Gasteiger partial charge in [0.25, 0.3) is 5.91 Å². The van der Waals surface area contributed by atoms with E-state index in [2.05, 4.69) is 5.32 Å². The highest BCUT2D eigenvalue weighted by Gasteiger charge is 2.41. The molecule has 0 aromatic heterocycles. The van der Waals surface area contributed by atoms with Crippen LogP contribution in [-0.2, 0) is 16.1 Å². The van der Waals surface area contributed by atoms with Crippen LogP contribution in [-0.4, -0.2) is 52.7 Å². The number of hydrogen-bond donors (Lipinski definition) is 1. The molecule has 0 spiro atoms. The standard InChI is InChI=1S/C25H28FN3O3/c1-17-7-8-19(15-21(17)26)25(32)28-13-11-20(12-14-28)29-22(9-10-23(29)30)24(31)27-16-18-5-3-2-4-6-18/h2-8,15,20,22H,9-14,16H2,1H3,(H,27,31). The van der Waals surface area contributed by atoms with E-state index >= 15 is 0 Å². The Morgan fingerprint density at radius 3 is 2.47 bits per heavy atom. The van der Waals surface area contributed by atoms with E-state index in [4.69, 9.17) is 0 Å². The molecular formula is C25H28FN3O3. The van der Waals surface area contributed by atoms with Crippen molar-refractivity contribution in [1.29, 1.82) is 0 Å². The zero-order valence-electron chi connectivity index (χ0n) is 18.2. The molecule has 168 valence electrons. The number of rotatable bonds is 5. The molecule has 1 atom stereocenters. The summed E-state index contributed by atoms with van der Waals surface area (Å²) in [5, 5.41) is 2.96. The van der Waals surface area contributed by atoms with Crippen molar-refractivity contribution in [2.75, 3.05) is 13.1 Å². The molecule has 0 radical (unpaired) electrons. The molecule has 2 heterocycles. The number of nitrogens with zero attached hydrogens (tertiary/aromatic N) is 2. The Morgan fingerprint density at radius 1 is 1.06 bits per heavy atom. The number of halogens is 1. The number of likely N-dealkylation sites (tertiary alicyclic amines) is 2. The summed E-state index contributed by atoms with van der Waals surface area (Å²) >= 11 is 0. The van der Waals surface area contributed by atoms with Gasteiger partial charge < -0.3 is 15.1 Å². The van der Waals surface area contributed by atoms with E-state index < -0.39 is 11.9 Å². The van der Waals surface area contributed by atoms with Crippen LogP contribution in [0.4, 0.5) is 4.39 Å². The molecule has 6 nitrogen and oxygen atoms in total. The minimum Gasteiger partial charge on any atom is -0.350 e. The molecule has 0 bridgehead atoms. The SMILES string of the molecule is Cc1ccc(C(=O)N2CCC(N3C(=O)CCC3C(=O)NCc3ccccc3)CC2)cc1F. The molecule has 2 aliphatic rings. The molecule has 2 aliphatic heterocycles. The number of carbonyl (C=O) groups excluding carboxylic acids is 3. The number of aryl methyl sites for hydroxylation is 1. The summed E-state index contributed by atoms with van der Waals surface area (Å²) in [5.74, 6) is -0.728. The van der Waals surface area contributed by atoms with Crippen molar-refractivity contribution >= 4 is 17.7 Å². The van der Waals surface area contributed by atoms with Gasteiger partial charge >= 0.3 is 0 Å². The van der Waals surface area contributed by atoms with E-state index in [1.807, 2.05) is 30.3 Å². The Morgan fingerprint density at radius 2 is 1.78 bits per heavy atom. The fraction of sp³-hybridized carbons (Fsp3) is 0.400. The van der Waals surface area contributed by atoms with Gasteiger partial charge in [0.1, 0.15) is 11.9 Å². The number of carbonyl (C=O) groups is 3. The molecule has 0 saturated carbocycles. The summed E-state index contributed by atoms with van der Waals surface area (Å²) in [5.41, 5.74) is 1.85. The second kappa shape index (κ2) is 9.51. The van der Waals surface area contributed by atoms with Gasteiger partial charge in [-0.2, -0.15) is 0 Å². The first-order valence-corrected chi connectivity index (χ1v) is 11.1. The normalized spacial score (nSPS) is 19.3. The summed E-state index contributed by atoms with van der Waals surface area (Å²) in [7, 11) is 0. The van der Waals surface area contributed by atoms with Crippen molar-refractivity contribution < 1.29 is 18.8 Å². The van der Waals surface area contributed by atoms with Gasteiger partial charge in [0.05, 0.1) is 0 Å². The van der Waals surface area contributed by atoms with Gasteiger partial charge in [0.15, 0.2) is 0 Å². The van der Waals surface area contributed by atoms with Crippen LogP contribution in [0.3, 0.4) is 0 Å². The van der Waals surface area contributed by atoms with E-state index in [9.17, 15) is 18.8 Å². The number of hydrogen-bond acceptors (Lipinski definition) is 3. The topological polar surface area (TPSA) is 69.7 Å². The number of benzene rings is 2. The van der Waals surface area contributed by atoms with Crippen LogP contribution in [0.15, 0.2) is 48.5 Å². The van der Waals surface area contributed by atoms with Crippen LogP contribution < -0.4 is 5.32 Å². The third-order valence-electron chi connectivity index (χ3n) is 6.43. The maximum atomic E-state index is 13.9. The second-order valence-corrected chi connectivity index (χ2v) is 8.55. The molecule has 1 unspecified atom stereocenters. The van der Waals surface area contributed by atoms with Crippen molar-refractivity contribution in [2.45, 2.75) is 51.2 Å². The first-order valence-electron chi connectivity index (χ1n) is 11.1. The maximum absolute atomic E-state index is 13.9. The average Bonchev–Trinajstić information content (AvgIpc) is 3.21. The molecule has 32 heavy (non-hydrogen) atoms. The summed E-state index contributed by atoms with van der Waals surface area (Å²) in [4.78, 5) is 41.6. The Hall–Kier alpha value is -3.22. The first kappa shape index (κ1) is 22.0. The predicted octanol–water partition coefficient (Wildman–Crippen LogP) is 3.05. The lowest BCUT2D eigenvalue weighted by Crippen LogP contribution is -2.53. The van der Waals surface area contributed by atoms with Crippen LogP contribution >= 0.6 is 0 Å². The van der Waals surface area contributed by atoms with E-state index in [1.165, 1.54) is 6.07 Å². The maximum Gasteiger partial charge on any atom is 0.253 e. The van der Waals surface area contributed by atoms with Crippen molar-refractivity contribution in [3.8, 4) is 0 Å². The Kier molecular flexibility index (Phi) is 6.53. The Balaban J connectivity index is 1.35. The molecule has 3 amide bonds. The molecule has 2 fully saturated rings. The van der Waals surface area contributed by atoms with Gasteiger partial charge in [0.2, 0.25) is 11.8 Å². The highest BCUT2D eigenvalue weighted by atomic mass is 19.1. The van der Waals surface area contributed by atoms with Crippen LogP contribution in [0.1, 0.15) is 47.2 Å². The predicted molar refractivity (Wildman–Crippen MR) is 118 cm³/mol. The monoisotopic (exact) mass is 437 g/mol. The summed E-state index contributed by atoms with van der Waals surface area (Å²) in [6.45, 7) is 3.04. The van der Waals surface area contributed by atoms with Gasteiger partial charge in [-0.05, 0) is 49.4 Å². The summed E-state index contributed by atoms with van der Waals surface area (Å²) in [6, 6.07) is 13.7. The highest BCUT2D eigenvalue weighted by Crippen LogP contribution is 2.28. The van der Waals surface area contributed by atoms with Crippen LogP contribution in [0.2, 0.25) is 0 Å². The van der Waals surface area contributed by atoms with Gasteiger partial charge in [0, 0.05) is 37.7 Å². The fourth-order valence-electron chi connectivity index (χ4n) is 4.58. The molecule has 0 aliphatic carbocycles. The molecule has 2 aromatic carbocycles. The molecule has 1 N–H and O–H groups in total. The molecular weight excluding hydrogens is 409 g/mol. The lowest BCUT2D eigenvalue weighted by Gasteiger charge is -2.39. The fourth-order valence-corrected chi connectivity index (χ4v) is 4.58. The van der Waals surface area contributed by atoms with E-state index in [1.54, 1.807) is 28.9 Å². The van der Waals surface area contributed by atoms with Crippen LogP contribution in [0.5, 0.6) is 0 Å². The quantitative estimate of drug-likeness (QED) is 0.782. The highest BCUT2D eigenvalue weighted by molar-refractivity contribution is 5.94. The van der Waals surface area contributed by atoms with Gasteiger partial charge in [-0.3, -0.25) is 14.4 Å². The lowest BCUT2D eigenvalue weighted by atomic mass is 10.0. The first-order chi connectivity index (χ1) is 15.4. The molecule has 4 rings (SSSR count). The van der Waals surface area contributed by atoms with Crippen molar-refractivity contribution in [2.24, 2.45) is 0 Å². The van der Waals surface area contributed by atoms with E-state index in [-0.39, 0.29) is 23.8 Å². The minimum absolute atomic E-state index is 0.00440. The van der Waals surface area contributed by atoms with E-state index in [0.717, 1.165) is 5.56 Å². The Labute approximate surface area is 187 Å². The van der Waals surface area contributed by atoms with Crippen LogP contribution in [0, 0.1) is 12.7 Å². The third kappa shape index (κ3) is 4.66. The molecule has 2 aromatic rings. The lowest BCUT2D eigenvalue weighted by molar-refractivity contribution is -0.138. The Bertz CT molecular complexity index is 1000. The molecule has 7 heteroatoms. The van der Waals surface area contributed by atoms with Crippen LogP contribution in [0.25, 0.3) is 0 Å². The van der Waals surface area contributed by atoms with Gasteiger partial charge in [-0.15, -0.1) is 0 Å². The van der Waals surface area contributed by atoms with Crippen molar-refractivity contribution in [1.82, 2.24) is 15.1 Å². The van der Waals surface area contributed by atoms with Gasteiger partial charge in [-0.1, -0.05) is 36.4 Å². The van der Waals surface area contributed by atoms with Gasteiger partial charge in [-0.25, -0.2) is 4.39 Å². The van der Waals surface area contributed by atoms with Crippen molar-refractivity contribution in [3.05, 3.63) is 71.0 Å². The molecule has 2 saturated heterocycles. The minimum atomic E-state index is -0.468. The second-order valence-electron chi connectivity index (χ2n) is 8.55. The number of nitrogens with one attached hydrogen (secondary N) is 1. The largest absolute Gasteiger partial charge is 0.350 e. The third-order valence-corrected chi connectivity index (χ3v) is 6.43.